The molecule has 0 aromatic heterocycles. The molecule has 0 aliphatic heterocycles. The molecule has 0 aliphatic rings. The molecule has 2 unspecified atom stereocenters. The zero-order chi connectivity index (χ0) is 15.3. The highest BCUT2D eigenvalue weighted by Crippen LogP contribution is 2.30. The van der Waals surface area contributed by atoms with Crippen LogP contribution in [0.5, 0.6) is 5.75 Å². The van der Waals surface area contributed by atoms with Crippen molar-refractivity contribution in [2.24, 2.45) is 5.92 Å². The number of anilines is 1. The van der Waals surface area contributed by atoms with Gasteiger partial charge < -0.3 is 14.8 Å². The second kappa shape index (κ2) is 6.49. The molecule has 20 heavy (non-hydrogen) atoms. The molecular weight excluding hydrogens is 275 g/mol. The molecule has 2 atom stereocenters. The van der Waals surface area contributed by atoms with Crippen molar-refractivity contribution >= 4 is 11.7 Å². The number of alkyl halides is 3. The Kier molecular flexibility index (Phi) is 5.24. The van der Waals surface area contributed by atoms with Crippen LogP contribution in [-0.4, -0.2) is 25.5 Å². The zero-order valence-corrected chi connectivity index (χ0v) is 11.3. The van der Waals surface area contributed by atoms with E-state index in [9.17, 15) is 18.0 Å². The molecule has 0 spiro atoms. The summed E-state index contributed by atoms with van der Waals surface area (Å²) in [6.07, 6.45) is -4.77. The van der Waals surface area contributed by atoms with Gasteiger partial charge in [0.05, 0.1) is 18.7 Å². The lowest BCUT2D eigenvalue weighted by Gasteiger charge is -2.22. The normalized spacial score (nSPS) is 14.3. The quantitative estimate of drug-likeness (QED) is 0.846. The average molecular weight is 291 g/mol. The SMILES string of the molecule is COC(=O)C(C)C(C)Nc1ccccc1OC(F)(F)F. The van der Waals surface area contributed by atoms with Gasteiger partial charge in [0.1, 0.15) is 0 Å². The Hall–Kier alpha value is -1.92. The molecule has 1 rings (SSSR count). The van der Waals surface area contributed by atoms with E-state index in [4.69, 9.17) is 0 Å². The third kappa shape index (κ3) is 4.64. The number of esters is 1. The van der Waals surface area contributed by atoms with Crippen LogP contribution in [0.2, 0.25) is 0 Å². The monoisotopic (exact) mass is 291 g/mol. The van der Waals surface area contributed by atoms with E-state index in [1.165, 1.54) is 25.3 Å². The Morgan fingerprint density at radius 1 is 1.25 bits per heavy atom. The molecule has 0 heterocycles. The van der Waals surface area contributed by atoms with Crippen LogP contribution >= 0.6 is 0 Å². The smallest absolute Gasteiger partial charge is 0.469 e. The summed E-state index contributed by atoms with van der Waals surface area (Å²) in [5.74, 6) is -1.30. The summed E-state index contributed by atoms with van der Waals surface area (Å²) in [5, 5.41) is 2.82. The van der Waals surface area contributed by atoms with Gasteiger partial charge in [0.15, 0.2) is 5.75 Å². The second-order valence-corrected chi connectivity index (χ2v) is 4.29. The van der Waals surface area contributed by atoms with Crippen molar-refractivity contribution in [1.82, 2.24) is 0 Å². The summed E-state index contributed by atoms with van der Waals surface area (Å²) in [5.41, 5.74) is 0.160. The Balaban J connectivity index is 2.84. The molecule has 0 saturated carbocycles. The van der Waals surface area contributed by atoms with Crippen LogP contribution in [0.25, 0.3) is 0 Å². The molecule has 1 N–H and O–H groups in total. The van der Waals surface area contributed by atoms with Crippen molar-refractivity contribution < 1.29 is 27.4 Å². The Labute approximate surface area is 114 Å². The number of methoxy groups -OCH3 is 1. The first-order chi connectivity index (χ1) is 9.24. The third-order valence-corrected chi connectivity index (χ3v) is 2.82. The number of ether oxygens (including phenoxy) is 2. The van der Waals surface area contributed by atoms with E-state index in [0.29, 0.717) is 0 Å². The molecule has 1 aromatic carbocycles. The summed E-state index contributed by atoms with van der Waals surface area (Å²) in [4.78, 5) is 11.4. The van der Waals surface area contributed by atoms with Crippen molar-refractivity contribution in [3.8, 4) is 5.75 Å². The number of para-hydroxylation sites is 2. The fraction of sp³-hybridized carbons (Fsp3) is 0.462. The fourth-order valence-electron chi connectivity index (χ4n) is 1.56. The lowest BCUT2D eigenvalue weighted by molar-refractivity contribution is -0.274. The van der Waals surface area contributed by atoms with Crippen molar-refractivity contribution in [3.63, 3.8) is 0 Å². The van der Waals surface area contributed by atoms with Gasteiger partial charge >= 0.3 is 12.3 Å². The standard InChI is InChI=1S/C13H16F3NO3/c1-8(12(18)19-3)9(2)17-10-6-4-5-7-11(10)20-13(14,15)16/h4-9,17H,1-3H3. The lowest BCUT2D eigenvalue weighted by Crippen LogP contribution is -2.31. The van der Waals surface area contributed by atoms with Gasteiger partial charge in [0.25, 0.3) is 0 Å². The zero-order valence-electron chi connectivity index (χ0n) is 11.3. The van der Waals surface area contributed by atoms with Gasteiger partial charge in [-0.2, -0.15) is 0 Å². The minimum absolute atomic E-state index is 0.160. The third-order valence-electron chi connectivity index (χ3n) is 2.82. The van der Waals surface area contributed by atoms with Gasteiger partial charge in [-0.25, -0.2) is 0 Å². The molecule has 112 valence electrons. The summed E-state index contributed by atoms with van der Waals surface area (Å²) >= 11 is 0. The Bertz CT molecular complexity index is 462. The van der Waals surface area contributed by atoms with E-state index in [1.54, 1.807) is 19.9 Å². The van der Waals surface area contributed by atoms with E-state index in [1.807, 2.05) is 0 Å². The number of rotatable bonds is 5. The Morgan fingerprint density at radius 2 is 1.85 bits per heavy atom. The van der Waals surface area contributed by atoms with Gasteiger partial charge in [-0.15, -0.1) is 13.2 Å². The second-order valence-electron chi connectivity index (χ2n) is 4.29. The van der Waals surface area contributed by atoms with Gasteiger partial charge in [-0.1, -0.05) is 12.1 Å². The highest BCUT2D eigenvalue weighted by atomic mass is 19.4. The van der Waals surface area contributed by atoms with Gasteiger partial charge in [-0.3, -0.25) is 4.79 Å². The van der Waals surface area contributed by atoms with Crippen LogP contribution in [-0.2, 0) is 9.53 Å². The highest BCUT2D eigenvalue weighted by molar-refractivity contribution is 5.73. The molecule has 0 amide bonds. The number of nitrogens with one attached hydrogen (secondary N) is 1. The molecule has 1 aromatic rings. The maximum absolute atomic E-state index is 12.3. The van der Waals surface area contributed by atoms with Gasteiger partial charge in [-0.05, 0) is 26.0 Å². The molecule has 7 heteroatoms. The number of carbonyl (C=O) groups is 1. The van der Waals surface area contributed by atoms with Crippen molar-refractivity contribution in [2.45, 2.75) is 26.3 Å². The van der Waals surface area contributed by atoms with Crippen LogP contribution in [0.1, 0.15) is 13.8 Å². The Morgan fingerprint density at radius 3 is 2.40 bits per heavy atom. The number of halogens is 3. The van der Waals surface area contributed by atoms with Crippen LogP contribution in [0.4, 0.5) is 18.9 Å². The molecule has 0 radical (unpaired) electrons. The minimum Gasteiger partial charge on any atom is -0.469 e. The predicted molar refractivity (Wildman–Crippen MR) is 67.4 cm³/mol. The largest absolute Gasteiger partial charge is 0.573 e. The minimum atomic E-state index is -4.77. The van der Waals surface area contributed by atoms with Gasteiger partial charge in [0, 0.05) is 6.04 Å². The summed E-state index contributed by atoms with van der Waals surface area (Å²) < 4.78 is 45.3. The van der Waals surface area contributed by atoms with Crippen molar-refractivity contribution in [3.05, 3.63) is 24.3 Å². The first kappa shape index (κ1) is 16.1. The molecule has 0 saturated heterocycles. The molecule has 0 bridgehead atoms. The van der Waals surface area contributed by atoms with E-state index in [-0.39, 0.29) is 11.4 Å². The van der Waals surface area contributed by atoms with Crippen molar-refractivity contribution in [1.29, 1.82) is 0 Å². The van der Waals surface area contributed by atoms with Crippen LogP contribution in [0, 0.1) is 5.92 Å². The van der Waals surface area contributed by atoms with Crippen LogP contribution < -0.4 is 10.1 Å². The first-order valence-electron chi connectivity index (χ1n) is 5.93. The molecule has 0 fully saturated rings. The van der Waals surface area contributed by atoms with Crippen LogP contribution in [0.3, 0.4) is 0 Å². The summed E-state index contributed by atoms with van der Waals surface area (Å²) in [7, 11) is 1.26. The van der Waals surface area contributed by atoms with E-state index in [2.05, 4.69) is 14.8 Å². The molecule has 4 nitrogen and oxygen atoms in total. The van der Waals surface area contributed by atoms with Gasteiger partial charge in [0.2, 0.25) is 0 Å². The number of hydrogen-bond acceptors (Lipinski definition) is 4. The summed E-state index contributed by atoms with van der Waals surface area (Å²) in [6.45, 7) is 3.29. The molecule has 0 aliphatic carbocycles. The van der Waals surface area contributed by atoms with Crippen LogP contribution in [0.15, 0.2) is 24.3 Å². The maximum Gasteiger partial charge on any atom is 0.573 e. The van der Waals surface area contributed by atoms with E-state index < -0.39 is 24.3 Å². The number of benzene rings is 1. The number of hydrogen-bond donors (Lipinski definition) is 1. The van der Waals surface area contributed by atoms with Crippen molar-refractivity contribution in [2.75, 3.05) is 12.4 Å². The highest BCUT2D eigenvalue weighted by Gasteiger charge is 2.32. The summed E-state index contributed by atoms with van der Waals surface area (Å²) in [6, 6.07) is 5.23. The topological polar surface area (TPSA) is 47.6 Å². The average Bonchev–Trinajstić information content (AvgIpc) is 2.37. The molecular formula is C13H16F3NO3. The van der Waals surface area contributed by atoms with E-state index in [0.717, 1.165) is 0 Å². The maximum atomic E-state index is 12.3. The lowest BCUT2D eigenvalue weighted by atomic mass is 10.0. The number of carbonyl (C=O) groups excluding carboxylic acids is 1. The first-order valence-corrected chi connectivity index (χ1v) is 5.93. The fourth-order valence-corrected chi connectivity index (χ4v) is 1.56. The van der Waals surface area contributed by atoms with E-state index >= 15 is 0 Å². The predicted octanol–water partition coefficient (Wildman–Crippen LogP) is 3.19.